The van der Waals surface area contributed by atoms with Crippen LogP contribution in [0.1, 0.15) is 18.4 Å². The van der Waals surface area contributed by atoms with E-state index in [-0.39, 0.29) is 11.8 Å². The van der Waals surface area contributed by atoms with E-state index in [1.54, 1.807) is 14.2 Å². The van der Waals surface area contributed by atoms with Gasteiger partial charge >= 0.3 is 0 Å². The number of amides is 1. The van der Waals surface area contributed by atoms with Crippen LogP contribution in [0.4, 0.5) is 0 Å². The van der Waals surface area contributed by atoms with Gasteiger partial charge in [0.25, 0.3) is 0 Å². The SMILES string of the molecule is COc1ccc(CNC(=O)C(N)C2CCOCC2)cc1OC. The van der Waals surface area contributed by atoms with Crippen molar-refractivity contribution in [2.24, 2.45) is 11.7 Å². The van der Waals surface area contributed by atoms with E-state index < -0.39 is 6.04 Å². The molecule has 1 aromatic carbocycles. The molecule has 0 saturated carbocycles. The summed E-state index contributed by atoms with van der Waals surface area (Å²) in [7, 11) is 3.17. The molecule has 1 heterocycles. The van der Waals surface area contributed by atoms with Crippen molar-refractivity contribution in [2.45, 2.75) is 25.4 Å². The van der Waals surface area contributed by atoms with Gasteiger partial charge in [0.2, 0.25) is 5.91 Å². The second-order valence-corrected chi connectivity index (χ2v) is 5.38. The summed E-state index contributed by atoms with van der Waals surface area (Å²) in [5.74, 6) is 1.38. The average Bonchev–Trinajstić information content (AvgIpc) is 2.59. The number of hydrogen-bond acceptors (Lipinski definition) is 5. The van der Waals surface area contributed by atoms with E-state index in [9.17, 15) is 4.79 Å². The molecule has 122 valence electrons. The third-order valence-corrected chi connectivity index (χ3v) is 3.99. The maximum absolute atomic E-state index is 12.2. The van der Waals surface area contributed by atoms with Crippen LogP contribution in [0.3, 0.4) is 0 Å². The monoisotopic (exact) mass is 308 g/mol. The highest BCUT2D eigenvalue weighted by Crippen LogP contribution is 2.27. The Morgan fingerprint density at radius 1 is 1.32 bits per heavy atom. The molecule has 6 nitrogen and oxygen atoms in total. The quantitative estimate of drug-likeness (QED) is 0.821. The van der Waals surface area contributed by atoms with E-state index in [1.165, 1.54) is 0 Å². The molecule has 1 aliphatic rings. The molecule has 1 saturated heterocycles. The van der Waals surface area contributed by atoms with Crippen molar-refractivity contribution >= 4 is 5.91 Å². The molecular weight excluding hydrogens is 284 g/mol. The van der Waals surface area contributed by atoms with Crippen LogP contribution >= 0.6 is 0 Å². The van der Waals surface area contributed by atoms with Crippen LogP contribution in [0.5, 0.6) is 11.5 Å². The smallest absolute Gasteiger partial charge is 0.237 e. The first-order valence-corrected chi connectivity index (χ1v) is 7.47. The highest BCUT2D eigenvalue weighted by molar-refractivity contribution is 5.81. The number of rotatable bonds is 6. The van der Waals surface area contributed by atoms with Gasteiger partial charge in [-0.25, -0.2) is 0 Å². The van der Waals surface area contributed by atoms with E-state index in [4.69, 9.17) is 19.9 Å². The Morgan fingerprint density at radius 2 is 2.00 bits per heavy atom. The first kappa shape index (κ1) is 16.6. The summed E-state index contributed by atoms with van der Waals surface area (Å²) in [4.78, 5) is 12.2. The van der Waals surface area contributed by atoms with Crippen LogP contribution in [-0.4, -0.2) is 39.4 Å². The molecule has 2 rings (SSSR count). The van der Waals surface area contributed by atoms with Gasteiger partial charge in [-0.15, -0.1) is 0 Å². The highest BCUT2D eigenvalue weighted by Gasteiger charge is 2.26. The number of benzene rings is 1. The Labute approximate surface area is 130 Å². The number of hydrogen-bond donors (Lipinski definition) is 2. The van der Waals surface area contributed by atoms with Crippen molar-refractivity contribution < 1.29 is 19.0 Å². The molecule has 0 bridgehead atoms. The predicted molar refractivity (Wildman–Crippen MR) is 82.9 cm³/mol. The lowest BCUT2D eigenvalue weighted by atomic mass is 9.92. The zero-order chi connectivity index (χ0) is 15.9. The van der Waals surface area contributed by atoms with Crippen LogP contribution in [0.25, 0.3) is 0 Å². The molecule has 0 spiro atoms. The summed E-state index contributed by atoms with van der Waals surface area (Å²) in [6.07, 6.45) is 1.68. The maximum atomic E-state index is 12.2. The van der Waals surface area contributed by atoms with Crippen LogP contribution in [0.2, 0.25) is 0 Å². The Kier molecular flexibility index (Phi) is 6.03. The largest absolute Gasteiger partial charge is 0.493 e. The lowest BCUT2D eigenvalue weighted by Crippen LogP contribution is -2.46. The zero-order valence-corrected chi connectivity index (χ0v) is 13.1. The second kappa shape index (κ2) is 8.00. The van der Waals surface area contributed by atoms with Gasteiger partial charge in [0.1, 0.15) is 0 Å². The third kappa shape index (κ3) is 4.11. The van der Waals surface area contributed by atoms with Crippen LogP contribution in [-0.2, 0) is 16.1 Å². The summed E-state index contributed by atoms with van der Waals surface area (Å²) in [6.45, 7) is 1.78. The second-order valence-electron chi connectivity index (χ2n) is 5.38. The predicted octanol–water partition coefficient (Wildman–Crippen LogP) is 1.07. The van der Waals surface area contributed by atoms with Gasteiger partial charge in [-0.05, 0) is 36.5 Å². The first-order chi connectivity index (χ1) is 10.7. The number of carbonyl (C=O) groups excluding carboxylic acids is 1. The molecule has 22 heavy (non-hydrogen) atoms. The molecule has 1 aliphatic heterocycles. The molecule has 0 radical (unpaired) electrons. The Balaban J connectivity index is 1.90. The summed E-state index contributed by atoms with van der Waals surface area (Å²) < 4.78 is 15.7. The molecular formula is C16H24N2O4. The van der Waals surface area contributed by atoms with E-state index in [2.05, 4.69) is 5.32 Å². The summed E-state index contributed by atoms with van der Waals surface area (Å²) in [6, 6.07) is 5.07. The van der Waals surface area contributed by atoms with Crippen LogP contribution in [0, 0.1) is 5.92 Å². The summed E-state index contributed by atoms with van der Waals surface area (Å²) >= 11 is 0. The molecule has 1 fully saturated rings. The number of carbonyl (C=O) groups is 1. The Hall–Kier alpha value is -1.79. The van der Waals surface area contributed by atoms with Gasteiger partial charge in [0, 0.05) is 19.8 Å². The lowest BCUT2D eigenvalue weighted by molar-refractivity contribution is -0.124. The van der Waals surface area contributed by atoms with Gasteiger partial charge in [-0.1, -0.05) is 6.07 Å². The number of methoxy groups -OCH3 is 2. The Bertz CT molecular complexity index is 501. The minimum Gasteiger partial charge on any atom is -0.493 e. The fourth-order valence-corrected chi connectivity index (χ4v) is 2.59. The Morgan fingerprint density at radius 3 is 2.64 bits per heavy atom. The van der Waals surface area contributed by atoms with Gasteiger partial charge in [-0.3, -0.25) is 4.79 Å². The van der Waals surface area contributed by atoms with Crippen molar-refractivity contribution in [1.29, 1.82) is 0 Å². The van der Waals surface area contributed by atoms with E-state index >= 15 is 0 Å². The standard InChI is InChI=1S/C16H24N2O4/c1-20-13-4-3-11(9-14(13)21-2)10-18-16(19)15(17)12-5-7-22-8-6-12/h3-4,9,12,15H,5-8,10,17H2,1-2H3,(H,18,19). The normalized spacial score (nSPS) is 16.9. The molecule has 0 aromatic heterocycles. The fraction of sp³-hybridized carbons (Fsp3) is 0.562. The van der Waals surface area contributed by atoms with Gasteiger partial charge in [-0.2, -0.15) is 0 Å². The molecule has 1 atom stereocenters. The number of ether oxygens (including phenoxy) is 3. The molecule has 0 aliphatic carbocycles. The molecule has 6 heteroatoms. The summed E-state index contributed by atoms with van der Waals surface area (Å²) in [5, 5.41) is 2.88. The van der Waals surface area contributed by atoms with Gasteiger partial charge in [0.15, 0.2) is 11.5 Å². The van der Waals surface area contributed by atoms with Crippen molar-refractivity contribution in [3.63, 3.8) is 0 Å². The van der Waals surface area contributed by atoms with Crippen molar-refractivity contribution in [3.8, 4) is 11.5 Å². The fourth-order valence-electron chi connectivity index (χ4n) is 2.59. The first-order valence-electron chi connectivity index (χ1n) is 7.47. The molecule has 3 N–H and O–H groups in total. The van der Waals surface area contributed by atoms with Gasteiger partial charge in [0.05, 0.1) is 20.3 Å². The molecule has 1 unspecified atom stereocenters. The van der Waals surface area contributed by atoms with Gasteiger partial charge < -0.3 is 25.3 Å². The minimum atomic E-state index is -0.482. The van der Waals surface area contributed by atoms with Crippen LogP contribution in [0.15, 0.2) is 18.2 Å². The highest BCUT2D eigenvalue weighted by atomic mass is 16.5. The zero-order valence-electron chi connectivity index (χ0n) is 13.1. The van der Waals surface area contributed by atoms with E-state index in [0.29, 0.717) is 31.3 Å². The van der Waals surface area contributed by atoms with Crippen molar-refractivity contribution in [2.75, 3.05) is 27.4 Å². The number of nitrogens with two attached hydrogens (primary N) is 1. The topological polar surface area (TPSA) is 82.8 Å². The van der Waals surface area contributed by atoms with Crippen LogP contribution < -0.4 is 20.5 Å². The minimum absolute atomic E-state index is 0.123. The van der Waals surface area contributed by atoms with Crippen molar-refractivity contribution in [1.82, 2.24) is 5.32 Å². The summed E-state index contributed by atoms with van der Waals surface area (Å²) in [5.41, 5.74) is 6.98. The molecule has 1 amide bonds. The number of nitrogens with one attached hydrogen (secondary N) is 1. The van der Waals surface area contributed by atoms with E-state index in [0.717, 1.165) is 18.4 Å². The average molecular weight is 308 g/mol. The third-order valence-electron chi connectivity index (χ3n) is 3.99. The molecule has 1 aromatic rings. The maximum Gasteiger partial charge on any atom is 0.237 e. The van der Waals surface area contributed by atoms with E-state index in [1.807, 2.05) is 18.2 Å². The van der Waals surface area contributed by atoms with Crippen molar-refractivity contribution in [3.05, 3.63) is 23.8 Å². The lowest BCUT2D eigenvalue weighted by Gasteiger charge is -2.26.